The number of aryl methyl sites for hydroxylation is 1. The Hall–Kier alpha value is -2.49. The van der Waals surface area contributed by atoms with Crippen molar-refractivity contribution in [1.82, 2.24) is 4.57 Å². The van der Waals surface area contributed by atoms with Gasteiger partial charge in [-0.1, -0.05) is 0 Å². The molecule has 4 heteroatoms. The monoisotopic (exact) mass is 254 g/mol. The molecule has 0 spiro atoms. The fourth-order valence-corrected chi connectivity index (χ4v) is 2.60. The largest absolute Gasteiger partial charge is 0.478 e. The van der Waals surface area contributed by atoms with Gasteiger partial charge in [-0.2, -0.15) is 0 Å². The fraction of sp³-hybridized carbons (Fsp3) is 0.133. The molecule has 0 saturated heterocycles. The average Bonchev–Trinajstić information content (AvgIpc) is 2.71. The second kappa shape index (κ2) is 4.02. The summed E-state index contributed by atoms with van der Waals surface area (Å²) in [5.74, 6) is -0.914. The lowest BCUT2D eigenvalue weighted by molar-refractivity contribution is 0.0697. The topological polar surface area (TPSA) is 68.2 Å². The molecule has 3 N–H and O–H groups in total. The Morgan fingerprint density at radius 1 is 1.16 bits per heavy atom. The number of fused-ring (bicyclic) bond motifs is 3. The smallest absolute Gasteiger partial charge is 0.335 e. The summed E-state index contributed by atoms with van der Waals surface area (Å²) in [6, 6.07) is 11.0. The number of hydrogen-bond donors (Lipinski definition) is 2. The molecule has 0 bridgehead atoms. The zero-order valence-corrected chi connectivity index (χ0v) is 10.6. The summed E-state index contributed by atoms with van der Waals surface area (Å²) in [7, 11) is 0. The van der Waals surface area contributed by atoms with E-state index in [-0.39, 0.29) is 0 Å². The molecule has 0 saturated carbocycles. The minimum Gasteiger partial charge on any atom is -0.478 e. The molecule has 3 rings (SSSR count). The maximum atomic E-state index is 11.1. The van der Waals surface area contributed by atoms with Crippen LogP contribution in [0.5, 0.6) is 0 Å². The Morgan fingerprint density at radius 3 is 2.42 bits per heavy atom. The minimum atomic E-state index is -0.914. The quantitative estimate of drug-likeness (QED) is 0.690. The Balaban J connectivity index is 2.49. The molecular formula is C15H14N2O2. The standard InChI is InChI=1S/C15H14N2O2/c1-2-17-13-5-3-9(15(18)19)7-11(13)12-8-10(16)4-6-14(12)17/h3-8H,2,16H2,1H3,(H,18,19). The number of benzene rings is 2. The van der Waals surface area contributed by atoms with Crippen LogP contribution in [0.4, 0.5) is 5.69 Å². The molecule has 4 nitrogen and oxygen atoms in total. The van der Waals surface area contributed by atoms with E-state index >= 15 is 0 Å². The predicted octanol–water partition coefficient (Wildman–Crippen LogP) is 3.09. The van der Waals surface area contributed by atoms with Gasteiger partial charge in [0.05, 0.1) is 5.56 Å². The van der Waals surface area contributed by atoms with Crippen LogP contribution in [0, 0.1) is 0 Å². The van der Waals surface area contributed by atoms with Gasteiger partial charge in [0.1, 0.15) is 0 Å². The number of hydrogen-bond acceptors (Lipinski definition) is 2. The van der Waals surface area contributed by atoms with Gasteiger partial charge in [0, 0.05) is 34.0 Å². The van der Waals surface area contributed by atoms with Gasteiger partial charge >= 0.3 is 5.97 Å². The van der Waals surface area contributed by atoms with Crippen LogP contribution in [0.25, 0.3) is 21.8 Å². The van der Waals surface area contributed by atoms with Crippen molar-refractivity contribution < 1.29 is 9.90 Å². The Labute approximate surface area is 110 Å². The SMILES string of the molecule is CCn1c2ccc(N)cc2c2cc(C(=O)O)ccc21. The lowest BCUT2D eigenvalue weighted by Crippen LogP contribution is -1.96. The van der Waals surface area contributed by atoms with Crippen LogP contribution < -0.4 is 5.73 Å². The number of nitrogen functional groups attached to an aromatic ring is 1. The molecule has 19 heavy (non-hydrogen) atoms. The number of aromatic carboxylic acids is 1. The number of carbonyl (C=O) groups is 1. The van der Waals surface area contributed by atoms with Crippen LogP contribution in [0.1, 0.15) is 17.3 Å². The van der Waals surface area contributed by atoms with E-state index in [1.54, 1.807) is 12.1 Å². The van der Waals surface area contributed by atoms with Crippen molar-refractivity contribution in [3.8, 4) is 0 Å². The van der Waals surface area contributed by atoms with Crippen LogP contribution in [0.3, 0.4) is 0 Å². The third-order valence-corrected chi connectivity index (χ3v) is 3.45. The third-order valence-electron chi connectivity index (χ3n) is 3.45. The molecule has 0 unspecified atom stereocenters. The molecule has 1 aromatic heterocycles. The van der Waals surface area contributed by atoms with Crippen LogP contribution in [0.15, 0.2) is 36.4 Å². The highest BCUT2D eigenvalue weighted by molar-refractivity contribution is 6.10. The number of carboxylic acids is 1. The van der Waals surface area contributed by atoms with Gasteiger partial charge in [0.2, 0.25) is 0 Å². The predicted molar refractivity (Wildman–Crippen MR) is 76.5 cm³/mol. The lowest BCUT2D eigenvalue weighted by atomic mass is 10.1. The molecule has 0 atom stereocenters. The van der Waals surface area contributed by atoms with E-state index in [4.69, 9.17) is 10.8 Å². The number of anilines is 1. The van der Waals surface area contributed by atoms with Gasteiger partial charge < -0.3 is 15.4 Å². The van der Waals surface area contributed by atoms with E-state index in [0.717, 1.165) is 28.4 Å². The summed E-state index contributed by atoms with van der Waals surface area (Å²) in [5.41, 5.74) is 8.93. The van der Waals surface area contributed by atoms with E-state index in [0.29, 0.717) is 11.3 Å². The first-order valence-corrected chi connectivity index (χ1v) is 6.16. The zero-order valence-electron chi connectivity index (χ0n) is 10.6. The van der Waals surface area contributed by atoms with E-state index in [1.165, 1.54) is 0 Å². The van der Waals surface area contributed by atoms with Crippen LogP contribution in [0.2, 0.25) is 0 Å². The normalized spacial score (nSPS) is 11.2. The molecule has 3 aromatic rings. The summed E-state index contributed by atoms with van der Waals surface area (Å²) in [5, 5.41) is 11.0. The number of rotatable bonds is 2. The van der Waals surface area contributed by atoms with Crippen molar-refractivity contribution in [1.29, 1.82) is 0 Å². The summed E-state index contributed by atoms with van der Waals surface area (Å²) in [4.78, 5) is 11.1. The molecule has 0 fully saturated rings. The van der Waals surface area contributed by atoms with Crippen molar-refractivity contribution >= 4 is 33.5 Å². The molecule has 96 valence electrons. The maximum Gasteiger partial charge on any atom is 0.335 e. The highest BCUT2D eigenvalue weighted by atomic mass is 16.4. The van der Waals surface area contributed by atoms with Crippen molar-refractivity contribution in [2.75, 3.05) is 5.73 Å². The van der Waals surface area contributed by atoms with Gasteiger partial charge in [-0.3, -0.25) is 0 Å². The van der Waals surface area contributed by atoms with E-state index in [9.17, 15) is 4.79 Å². The van der Waals surface area contributed by atoms with Crippen molar-refractivity contribution in [2.24, 2.45) is 0 Å². The first-order chi connectivity index (χ1) is 9.11. The molecular weight excluding hydrogens is 240 g/mol. The second-order valence-corrected chi connectivity index (χ2v) is 4.56. The summed E-state index contributed by atoms with van der Waals surface area (Å²) >= 11 is 0. The molecule has 0 aliphatic carbocycles. The second-order valence-electron chi connectivity index (χ2n) is 4.56. The third kappa shape index (κ3) is 1.64. The van der Waals surface area contributed by atoms with Crippen molar-refractivity contribution in [3.05, 3.63) is 42.0 Å². The van der Waals surface area contributed by atoms with Crippen molar-refractivity contribution in [2.45, 2.75) is 13.5 Å². The first-order valence-electron chi connectivity index (χ1n) is 6.16. The highest BCUT2D eigenvalue weighted by Crippen LogP contribution is 2.31. The molecule has 2 aromatic carbocycles. The first kappa shape index (κ1) is 11.6. The number of carboxylic acid groups (broad SMARTS) is 1. The van der Waals surface area contributed by atoms with Gasteiger partial charge in [-0.05, 0) is 43.3 Å². The van der Waals surface area contributed by atoms with Crippen LogP contribution in [-0.4, -0.2) is 15.6 Å². The molecule has 0 aliphatic heterocycles. The highest BCUT2D eigenvalue weighted by Gasteiger charge is 2.12. The van der Waals surface area contributed by atoms with Gasteiger partial charge in [0.25, 0.3) is 0 Å². The Morgan fingerprint density at radius 2 is 1.79 bits per heavy atom. The molecule has 1 heterocycles. The van der Waals surface area contributed by atoms with Gasteiger partial charge in [-0.15, -0.1) is 0 Å². The molecule has 0 aliphatic rings. The number of nitrogens with zero attached hydrogens (tertiary/aromatic N) is 1. The Kier molecular flexibility index (Phi) is 2.45. The van der Waals surface area contributed by atoms with Gasteiger partial charge in [-0.25, -0.2) is 4.79 Å². The summed E-state index contributed by atoms with van der Waals surface area (Å²) < 4.78 is 2.16. The zero-order chi connectivity index (χ0) is 13.6. The Bertz CT molecular complexity index is 803. The van der Waals surface area contributed by atoms with Crippen LogP contribution in [-0.2, 0) is 6.54 Å². The minimum absolute atomic E-state index is 0.296. The van der Waals surface area contributed by atoms with Crippen molar-refractivity contribution in [3.63, 3.8) is 0 Å². The molecule has 0 radical (unpaired) electrons. The van der Waals surface area contributed by atoms with E-state index < -0.39 is 5.97 Å². The number of aromatic nitrogens is 1. The summed E-state index contributed by atoms with van der Waals surface area (Å²) in [6.45, 7) is 2.90. The maximum absolute atomic E-state index is 11.1. The number of nitrogens with two attached hydrogens (primary N) is 1. The lowest BCUT2D eigenvalue weighted by Gasteiger charge is -2.02. The fourth-order valence-electron chi connectivity index (χ4n) is 2.60. The van der Waals surface area contributed by atoms with Gasteiger partial charge in [0.15, 0.2) is 0 Å². The van der Waals surface area contributed by atoms with E-state index in [2.05, 4.69) is 11.5 Å². The average molecular weight is 254 g/mol. The van der Waals surface area contributed by atoms with E-state index in [1.807, 2.05) is 24.3 Å². The summed E-state index contributed by atoms with van der Waals surface area (Å²) in [6.07, 6.45) is 0. The molecule has 0 amide bonds. The van der Waals surface area contributed by atoms with Crippen LogP contribution >= 0.6 is 0 Å².